The third-order valence-corrected chi connectivity index (χ3v) is 7.16. The summed E-state index contributed by atoms with van der Waals surface area (Å²) in [6, 6.07) is 7.62. The van der Waals surface area contributed by atoms with Gasteiger partial charge in [-0.3, -0.25) is 9.79 Å². The minimum Gasteiger partial charge on any atom is -0.488 e. The van der Waals surface area contributed by atoms with Crippen molar-refractivity contribution in [1.29, 1.82) is 0 Å². The van der Waals surface area contributed by atoms with Crippen molar-refractivity contribution in [3.05, 3.63) is 51.6 Å². The number of piperidine rings is 1. The molecular formula is C24H28ClN3O3S. The minimum absolute atomic E-state index is 0.0384. The van der Waals surface area contributed by atoms with Gasteiger partial charge in [-0.05, 0) is 48.4 Å². The number of nitrogens with zero attached hydrogens (tertiary/aromatic N) is 2. The fourth-order valence-electron chi connectivity index (χ4n) is 4.11. The Morgan fingerprint density at radius 1 is 1.31 bits per heavy atom. The van der Waals surface area contributed by atoms with Gasteiger partial charge in [-0.2, -0.15) is 0 Å². The van der Waals surface area contributed by atoms with Gasteiger partial charge < -0.3 is 20.1 Å². The van der Waals surface area contributed by atoms with Crippen molar-refractivity contribution >= 4 is 40.3 Å². The van der Waals surface area contributed by atoms with E-state index < -0.39 is 0 Å². The molecule has 1 aromatic heterocycles. The quantitative estimate of drug-likeness (QED) is 0.688. The number of benzene rings is 1. The van der Waals surface area contributed by atoms with Crippen LogP contribution in [-0.2, 0) is 4.74 Å². The van der Waals surface area contributed by atoms with Gasteiger partial charge in [0.2, 0.25) is 0 Å². The molecule has 170 valence electrons. The molecule has 0 spiro atoms. The highest BCUT2D eigenvalue weighted by atomic mass is 35.5. The standard InChI is InChI=1S/C24H28ClN3O3S/c1-3-18(22-23(26-2)27-8-11-31-22)16-13-21(32-14-16)19-5-4-15(12-20(19)25)24(30)28-9-6-17(29)7-10-28/h4-5,12-14,17,29H,3,6-11H2,1-2H3,(H,26,27)/b22-18-. The smallest absolute Gasteiger partial charge is 0.253 e. The van der Waals surface area contributed by atoms with Gasteiger partial charge in [0.15, 0.2) is 11.6 Å². The van der Waals surface area contributed by atoms with Crippen molar-refractivity contribution in [2.75, 3.05) is 33.3 Å². The number of ether oxygens (including phenoxy) is 1. The lowest BCUT2D eigenvalue weighted by Crippen LogP contribution is -2.40. The van der Waals surface area contributed by atoms with Crippen LogP contribution in [0.25, 0.3) is 16.0 Å². The molecule has 1 aromatic carbocycles. The molecule has 2 N–H and O–H groups in total. The van der Waals surface area contributed by atoms with Crippen molar-refractivity contribution in [3.63, 3.8) is 0 Å². The van der Waals surface area contributed by atoms with Crippen molar-refractivity contribution in [2.24, 2.45) is 4.99 Å². The van der Waals surface area contributed by atoms with Crippen LogP contribution in [-0.4, -0.2) is 61.1 Å². The van der Waals surface area contributed by atoms with Crippen LogP contribution in [0.5, 0.6) is 0 Å². The predicted molar refractivity (Wildman–Crippen MR) is 130 cm³/mol. The summed E-state index contributed by atoms with van der Waals surface area (Å²) in [5, 5.41) is 15.6. The monoisotopic (exact) mass is 473 g/mol. The van der Waals surface area contributed by atoms with Crippen molar-refractivity contribution in [2.45, 2.75) is 32.3 Å². The number of aliphatic imine (C=N–C) groups is 1. The minimum atomic E-state index is -0.310. The van der Waals surface area contributed by atoms with Crippen LogP contribution in [0.3, 0.4) is 0 Å². The fraction of sp³-hybridized carbons (Fsp3) is 0.417. The average Bonchev–Trinajstić information content (AvgIpc) is 3.29. The number of hydrogen-bond donors (Lipinski definition) is 2. The van der Waals surface area contributed by atoms with Crippen LogP contribution in [0.2, 0.25) is 5.02 Å². The summed E-state index contributed by atoms with van der Waals surface area (Å²) in [7, 11) is 1.76. The summed E-state index contributed by atoms with van der Waals surface area (Å²) in [6.07, 6.45) is 1.75. The molecule has 0 saturated carbocycles. The van der Waals surface area contributed by atoms with E-state index in [1.165, 1.54) is 0 Å². The van der Waals surface area contributed by atoms with Gasteiger partial charge >= 0.3 is 0 Å². The third-order valence-electron chi connectivity index (χ3n) is 5.89. The number of morpholine rings is 1. The van der Waals surface area contributed by atoms with E-state index in [-0.39, 0.29) is 12.0 Å². The van der Waals surface area contributed by atoms with E-state index in [1.54, 1.807) is 29.4 Å². The van der Waals surface area contributed by atoms with Gasteiger partial charge in [-0.25, -0.2) is 0 Å². The van der Waals surface area contributed by atoms with E-state index in [0.717, 1.165) is 46.1 Å². The zero-order valence-electron chi connectivity index (χ0n) is 18.4. The molecule has 2 aliphatic heterocycles. The maximum absolute atomic E-state index is 12.8. The molecule has 0 aliphatic carbocycles. The maximum atomic E-state index is 12.8. The summed E-state index contributed by atoms with van der Waals surface area (Å²) < 4.78 is 5.94. The van der Waals surface area contributed by atoms with E-state index in [4.69, 9.17) is 16.3 Å². The van der Waals surface area contributed by atoms with Crippen molar-refractivity contribution in [3.8, 4) is 10.4 Å². The number of hydrogen-bond acceptors (Lipinski definition) is 5. The van der Waals surface area contributed by atoms with Gasteiger partial charge in [0.05, 0.1) is 17.7 Å². The first-order valence-electron chi connectivity index (χ1n) is 10.9. The van der Waals surface area contributed by atoms with Crippen molar-refractivity contribution < 1.29 is 14.6 Å². The number of aliphatic hydroxyl groups is 1. The Hall–Kier alpha value is -2.35. The summed E-state index contributed by atoms with van der Waals surface area (Å²) in [5.41, 5.74) is 3.68. The number of likely N-dealkylation sites (tertiary alicyclic amines) is 1. The number of halogens is 1. The third kappa shape index (κ3) is 4.70. The summed E-state index contributed by atoms with van der Waals surface area (Å²) in [5.74, 6) is 1.56. The lowest BCUT2D eigenvalue weighted by atomic mass is 10.0. The molecule has 2 saturated heterocycles. The topological polar surface area (TPSA) is 74.2 Å². The number of amides is 1. The van der Waals surface area contributed by atoms with Crippen LogP contribution >= 0.6 is 22.9 Å². The number of thiophene rings is 1. The summed E-state index contributed by atoms with van der Waals surface area (Å²) in [4.78, 5) is 20.0. The first-order chi connectivity index (χ1) is 15.5. The summed E-state index contributed by atoms with van der Waals surface area (Å²) in [6.45, 7) is 4.62. The van der Waals surface area contributed by atoms with Gasteiger partial charge in [0.25, 0.3) is 5.91 Å². The molecule has 0 unspecified atom stereocenters. The first kappa shape index (κ1) is 22.8. The van der Waals surface area contributed by atoms with E-state index in [2.05, 4.69) is 28.7 Å². The van der Waals surface area contributed by atoms with Crippen LogP contribution in [0.4, 0.5) is 0 Å². The zero-order chi connectivity index (χ0) is 22.7. The normalized spacial score (nSPS) is 20.1. The highest BCUT2D eigenvalue weighted by Gasteiger charge is 2.24. The lowest BCUT2D eigenvalue weighted by Gasteiger charge is -2.29. The average molecular weight is 474 g/mol. The predicted octanol–water partition coefficient (Wildman–Crippen LogP) is 4.43. The lowest BCUT2D eigenvalue weighted by molar-refractivity contribution is 0.0546. The molecular weight excluding hydrogens is 446 g/mol. The molecule has 32 heavy (non-hydrogen) atoms. The van der Waals surface area contributed by atoms with E-state index in [9.17, 15) is 9.90 Å². The SMILES string of the molecule is CC/C(=C1/OCCNC1=NC)c1csc(-c2ccc(C(=O)N3CCC(O)CC3)cc2Cl)c1. The van der Waals surface area contributed by atoms with E-state index >= 15 is 0 Å². The second kappa shape index (κ2) is 10.1. The van der Waals surface area contributed by atoms with Gasteiger partial charge in [0, 0.05) is 41.7 Å². The Morgan fingerprint density at radius 3 is 2.78 bits per heavy atom. The van der Waals surface area contributed by atoms with Crippen LogP contribution in [0, 0.1) is 0 Å². The Morgan fingerprint density at radius 2 is 2.09 bits per heavy atom. The molecule has 4 rings (SSSR count). The van der Waals surface area contributed by atoms with Gasteiger partial charge in [0.1, 0.15) is 6.61 Å². The fourth-order valence-corrected chi connectivity index (χ4v) is 5.42. The molecule has 2 fully saturated rings. The first-order valence-corrected chi connectivity index (χ1v) is 12.2. The summed E-state index contributed by atoms with van der Waals surface area (Å²) >= 11 is 8.24. The number of amidine groups is 1. The molecule has 6 nitrogen and oxygen atoms in total. The second-order valence-corrected chi connectivity index (χ2v) is 9.24. The molecule has 3 heterocycles. The molecule has 0 radical (unpaired) electrons. The number of rotatable bonds is 4. The van der Waals surface area contributed by atoms with E-state index in [0.29, 0.717) is 43.1 Å². The number of carbonyl (C=O) groups excluding carboxylic acids is 1. The van der Waals surface area contributed by atoms with Gasteiger partial charge in [-0.1, -0.05) is 24.6 Å². The molecule has 2 aromatic rings. The molecule has 1 amide bonds. The van der Waals surface area contributed by atoms with Crippen molar-refractivity contribution in [1.82, 2.24) is 10.2 Å². The molecule has 2 aliphatic rings. The number of aliphatic hydroxyl groups excluding tert-OH is 1. The Bertz CT molecular complexity index is 1050. The Balaban J connectivity index is 1.58. The second-order valence-electron chi connectivity index (χ2n) is 7.93. The Kier molecular flexibility index (Phi) is 7.18. The maximum Gasteiger partial charge on any atom is 0.253 e. The van der Waals surface area contributed by atoms with Crippen LogP contribution in [0.1, 0.15) is 42.1 Å². The molecule has 8 heteroatoms. The molecule has 0 bridgehead atoms. The number of nitrogens with one attached hydrogen (secondary N) is 1. The number of carbonyl (C=O) groups is 1. The largest absolute Gasteiger partial charge is 0.488 e. The van der Waals surface area contributed by atoms with E-state index in [1.807, 2.05) is 12.1 Å². The van der Waals surface area contributed by atoms with Gasteiger partial charge in [-0.15, -0.1) is 11.3 Å². The zero-order valence-corrected chi connectivity index (χ0v) is 19.9. The van der Waals surface area contributed by atoms with Crippen LogP contribution in [0.15, 0.2) is 40.4 Å². The highest BCUT2D eigenvalue weighted by Crippen LogP contribution is 2.37. The molecule has 0 atom stereocenters. The highest BCUT2D eigenvalue weighted by molar-refractivity contribution is 7.13. The number of allylic oxidation sites excluding steroid dienone is 1. The van der Waals surface area contributed by atoms with Crippen LogP contribution < -0.4 is 5.32 Å². The Labute approximate surface area is 197 Å².